The van der Waals surface area contributed by atoms with Crippen LogP contribution in [0.5, 0.6) is 5.75 Å². The molecule has 1 unspecified atom stereocenters. The van der Waals surface area contributed by atoms with E-state index in [1.54, 1.807) is 35.0 Å². The van der Waals surface area contributed by atoms with Gasteiger partial charge in [-0.1, -0.05) is 11.6 Å². The second kappa shape index (κ2) is 6.51. The van der Waals surface area contributed by atoms with Crippen molar-refractivity contribution in [2.24, 2.45) is 0 Å². The number of amides is 2. The Morgan fingerprint density at radius 1 is 1.33 bits per heavy atom. The van der Waals surface area contributed by atoms with E-state index < -0.39 is 5.60 Å². The van der Waals surface area contributed by atoms with Crippen molar-refractivity contribution >= 4 is 23.6 Å². The summed E-state index contributed by atoms with van der Waals surface area (Å²) in [4.78, 5) is 27.8. The number of methoxy groups -OCH3 is 1. The fourth-order valence-electron chi connectivity index (χ4n) is 3.41. The van der Waals surface area contributed by atoms with Crippen LogP contribution in [0, 0.1) is 0 Å². The minimum absolute atomic E-state index is 0.0609. The monoisotopic (exact) mass is 352 g/mol. The molecule has 24 heavy (non-hydrogen) atoms. The second-order valence-electron chi connectivity index (χ2n) is 6.40. The van der Waals surface area contributed by atoms with Crippen molar-refractivity contribution < 1.29 is 19.1 Å². The Balaban J connectivity index is 1.71. The van der Waals surface area contributed by atoms with Gasteiger partial charge in [-0.15, -0.1) is 0 Å². The molecule has 0 radical (unpaired) electrons. The molecule has 2 aliphatic rings. The highest BCUT2D eigenvalue weighted by atomic mass is 35.5. The average Bonchev–Trinajstić information content (AvgIpc) is 2.72. The molecular weight excluding hydrogens is 332 g/mol. The summed E-state index contributed by atoms with van der Waals surface area (Å²) in [5.41, 5.74) is 0.0792. The zero-order valence-electron chi connectivity index (χ0n) is 13.9. The predicted molar refractivity (Wildman–Crippen MR) is 89.6 cm³/mol. The van der Waals surface area contributed by atoms with E-state index in [9.17, 15) is 9.59 Å². The van der Waals surface area contributed by atoms with Crippen molar-refractivity contribution in [3.63, 3.8) is 0 Å². The van der Waals surface area contributed by atoms with Gasteiger partial charge < -0.3 is 19.3 Å². The molecule has 7 heteroatoms. The summed E-state index contributed by atoms with van der Waals surface area (Å²) in [7, 11) is 3.28. The largest absolute Gasteiger partial charge is 0.495 e. The number of nitrogens with zero attached hydrogens (tertiary/aromatic N) is 2. The molecule has 1 spiro atoms. The molecule has 0 bridgehead atoms. The Labute approximate surface area is 146 Å². The highest BCUT2D eigenvalue weighted by Crippen LogP contribution is 2.33. The maximum Gasteiger partial charge on any atom is 0.410 e. The quantitative estimate of drug-likeness (QED) is 0.821. The highest BCUT2D eigenvalue weighted by molar-refractivity contribution is 6.32. The summed E-state index contributed by atoms with van der Waals surface area (Å²) in [5.74, 6) is 0.484. The van der Waals surface area contributed by atoms with Gasteiger partial charge in [0, 0.05) is 32.1 Å². The van der Waals surface area contributed by atoms with Crippen molar-refractivity contribution in [2.45, 2.75) is 24.9 Å². The molecule has 2 saturated heterocycles. The Hall–Kier alpha value is -1.95. The van der Waals surface area contributed by atoms with E-state index in [0.29, 0.717) is 42.4 Å². The number of ether oxygens (including phenoxy) is 2. The Morgan fingerprint density at radius 3 is 2.75 bits per heavy atom. The molecule has 0 aliphatic carbocycles. The van der Waals surface area contributed by atoms with Gasteiger partial charge in [0.05, 0.1) is 18.7 Å². The van der Waals surface area contributed by atoms with Crippen molar-refractivity contribution in [1.29, 1.82) is 0 Å². The van der Waals surface area contributed by atoms with Crippen LogP contribution < -0.4 is 4.74 Å². The lowest BCUT2D eigenvalue weighted by molar-refractivity contribution is 0.0438. The number of halogens is 1. The van der Waals surface area contributed by atoms with Crippen LogP contribution in [0.2, 0.25) is 5.02 Å². The third-order valence-corrected chi connectivity index (χ3v) is 5.02. The Morgan fingerprint density at radius 2 is 2.12 bits per heavy atom. The summed E-state index contributed by atoms with van der Waals surface area (Å²) >= 11 is 6.12. The lowest BCUT2D eigenvalue weighted by atomic mass is 9.95. The van der Waals surface area contributed by atoms with Crippen molar-refractivity contribution in [1.82, 2.24) is 9.80 Å². The van der Waals surface area contributed by atoms with Crippen molar-refractivity contribution in [3.05, 3.63) is 28.8 Å². The molecule has 3 rings (SSSR count). The van der Waals surface area contributed by atoms with Crippen LogP contribution in [0.1, 0.15) is 29.6 Å². The molecule has 2 fully saturated rings. The van der Waals surface area contributed by atoms with Gasteiger partial charge in [0.1, 0.15) is 11.4 Å². The first kappa shape index (κ1) is 16.9. The maximum absolute atomic E-state index is 12.7. The number of likely N-dealkylation sites (tertiary alicyclic amines) is 1. The molecule has 0 N–H and O–H groups in total. The van der Waals surface area contributed by atoms with Crippen LogP contribution >= 0.6 is 11.6 Å². The van der Waals surface area contributed by atoms with Crippen LogP contribution in [0.15, 0.2) is 18.2 Å². The molecule has 1 aromatic rings. The molecular formula is C17H21ClN2O4. The number of carbonyl (C=O) groups is 2. The summed E-state index contributed by atoms with van der Waals surface area (Å²) in [5, 5.41) is 0.418. The van der Waals surface area contributed by atoms with Gasteiger partial charge in [0.2, 0.25) is 0 Å². The minimum Gasteiger partial charge on any atom is -0.495 e. The Bertz CT molecular complexity index is 666. The van der Waals surface area contributed by atoms with E-state index >= 15 is 0 Å². The molecule has 0 aromatic heterocycles. The molecule has 0 saturated carbocycles. The van der Waals surface area contributed by atoms with Crippen molar-refractivity contribution in [2.75, 3.05) is 33.8 Å². The van der Waals surface area contributed by atoms with Gasteiger partial charge in [0.25, 0.3) is 5.91 Å². The number of benzene rings is 1. The first-order valence-electron chi connectivity index (χ1n) is 8.01. The Kier molecular flexibility index (Phi) is 4.58. The van der Waals surface area contributed by atoms with Crippen LogP contribution in [0.25, 0.3) is 0 Å². The van der Waals surface area contributed by atoms with E-state index in [1.165, 1.54) is 7.11 Å². The molecule has 2 aliphatic heterocycles. The van der Waals surface area contributed by atoms with Crippen LogP contribution in [0.4, 0.5) is 4.79 Å². The molecule has 2 amide bonds. The standard InChI is InChI=1S/C17H21ClN2O4/c1-19-11-17(24-16(19)22)6-3-8-20(9-7-17)15(21)12-4-5-14(23-2)13(18)10-12/h4-5,10H,3,6-9,11H2,1-2H3. The number of likely N-dealkylation sites (N-methyl/N-ethyl adjacent to an activating group) is 1. The van der Waals surface area contributed by atoms with Gasteiger partial charge in [-0.2, -0.15) is 0 Å². The predicted octanol–water partition coefficient (Wildman–Crippen LogP) is 2.80. The van der Waals surface area contributed by atoms with Crippen LogP contribution in [0.3, 0.4) is 0 Å². The fraction of sp³-hybridized carbons (Fsp3) is 0.529. The zero-order chi connectivity index (χ0) is 17.3. The highest BCUT2D eigenvalue weighted by Gasteiger charge is 2.44. The fourth-order valence-corrected chi connectivity index (χ4v) is 3.66. The molecule has 6 nitrogen and oxygen atoms in total. The molecule has 2 heterocycles. The van der Waals surface area contributed by atoms with E-state index in [2.05, 4.69) is 0 Å². The SMILES string of the molecule is COc1ccc(C(=O)N2CCCC3(CC2)CN(C)C(=O)O3)cc1Cl. The van der Waals surface area contributed by atoms with Crippen LogP contribution in [-0.4, -0.2) is 61.2 Å². The average molecular weight is 353 g/mol. The molecule has 1 atom stereocenters. The lowest BCUT2D eigenvalue weighted by Gasteiger charge is -2.25. The van der Waals surface area contributed by atoms with E-state index in [0.717, 1.165) is 12.8 Å². The molecule has 1 aromatic carbocycles. The third kappa shape index (κ3) is 3.15. The summed E-state index contributed by atoms with van der Waals surface area (Å²) in [6, 6.07) is 5.05. The second-order valence-corrected chi connectivity index (χ2v) is 6.81. The third-order valence-electron chi connectivity index (χ3n) is 4.72. The minimum atomic E-state index is -0.460. The number of hydrogen-bond donors (Lipinski definition) is 0. The normalized spacial score (nSPS) is 24.0. The lowest BCUT2D eigenvalue weighted by Crippen LogP contribution is -2.36. The summed E-state index contributed by atoms with van der Waals surface area (Å²) in [6.07, 6.45) is 1.95. The van der Waals surface area contributed by atoms with Gasteiger partial charge in [-0.25, -0.2) is 4.79 Å². The smallest absolute Gasteiger partial charge is 0.410 e. The zero-order valence-corrected chi connectivity index (χ0v) is 14.6. The first-order chi connectivity index (χ1) is 11.4. The van der Waals surface area contributed by atoms with E-state index in [-0.39, 0.29) is 12.0 Å². The number of carbonyl (C=O) groups excluding carboxylic acids is 2. The maximum atomic E-state index is 12.7. The van der Waals surface area contributed by atoms with Gasteiger partial charge >= 0.3 is 6.09 Å². The first-order valence-corrected chi connectivity index (χ1v) is 8.39. The van der Waals surface area contributed by atoms with Gasteiger partial charge in [-0.3, -0.25) is 4.79 Å². The van der Waals surface area contributed by atoms with Gasteiger partial charge in [-0.05, 0) is 31.0 Å². The van der Waals surface area contributed by atoms with Crippen molar-refractivity contribution in [3.8, 4) is 5.75 Å². The number of hydrogen-bond acceptors (Lipinski definition) is 4. The van der Waals surface area contributed by atoms with Gasteiger partial charge in [0.15, 0.2) is 0 Å². The summed E-state index contributed by atoms with van der Waals surface area (Å²) < 4.78 is 10.7. The molecule has 130 valence electrons. The summed E-state index contributed by atoms with van der Waals surface area (Å²) in [6.45, 7) is 1.79. The topological polar surface area (TPSA) is 59.1 Å². The van der Waals surface area contributed by atoms with E-state index in [1.807, 2.05) is 0 Å². The van der Waals surface area contributed by atoms with E-state index in [4.69, 9.17) is 21.1 Å². The van der Waals surface area contributed by atoms with Crippen LogP contribution in [-0.2, 0) is 4.74 Å². The number of rotatable bonds is 2.